The van der Waals surface area contributed by atoms with Gasteiger partial charge in [-0.05, 0) is 30.0 Å². The van der Waals surface area contributed by atoms with Gasteiger partial charge in [-0.25, -0.2) is 0 Å². The second-order valence-corrected chi connectivity index (χ2v) is 5.04. The van der Waals surface area contributed by atoms with E-state index < -0.39 is 0 Å². The molecule has 0 aliphatic heterocycles. The largest absolute Gasteiger partial charge is 0.399 e. The molecule has 2 aromatic carbocycles. The maximum absolute atomic E-state index is 12.1. The van der Waals surface area contributed by atoms with Crippen molar-refractivity contribution >= 4 is 11.5 Å². The van der Waals surface area contributed by atoms with Crippen molar-refractivity contribution in [3.05, 3.63) is 65.7 Å². The Bertz CT molecular complexity index is 531. The van der Waals surface area contributed by atoms with Crippen LogP contribution < -0.4 is 5.73 Å². The molecule has 0 aromatic heterocycles. The summed E-state index contributed by atoms with van der Waals surface area (Å²) in [5.74, 6) is 0.542. The molecule has 2 aromatic rings. The Hall–Kier alpha value is -2.09. The highest BCUT2D eigenvalue weighted by Crippen LogP contribution is 2.16. The highest BCUT2D eigenvalue weighted by atomic mass is 16.1. The standard InChI is InChI=1S/C17H19NO/c1-13(11-14-7-9-16(18)10-8-14)12-17(19)15-5-3-2-4-6-15/h2-10,13H,11-12,18H2,1H3. The lowest BCUT2D eigenvalue weighted by Gasteiger charge is -2.11. The number of carbonyl (C=O) groups excluding carboxylic acids is 1. The number of rotatable bonds is 5. The third-order valence-electron chi connectivity index (χ3n) is 3.19. The summed E-state index contributed by atoms with van der Waals surface area (Å²) in [6.07, 6.45) is 1.48. The van der Waals surface area contributed by atoms with Gasteiger partial charge in [-0.3, -0.25) is 4.79 Å². The van der Waals surface area contributed by atoms with Crippen LogP contribution >= 0.6 is 0 Å². The van der Waals surface area contributed by atoms with Gasteiger partial charge in [-0.1, -0.05) is 49.4 Å². The molecule has 0 spiro atoms. The molecule has 0 heterocycles. The van der Waals surface area contributed by atoms with Gasteiger partial charge in [0.15, 0.2) is 5.78 Å². The van der Waals surface area contributed by atoms with E-state index in [1.54, 1.807) is 0 Å². The quantitative estimate of drug-likeness (QED) is 0.652. The van der Waals surface area contributed by atoms with E-state index in [0.717, 1.165) is 17.7 Å². The maximum atomic E-state index is 12.1. The summed E-state index contributed by atoms with van der Waals surface area (Å²) < 4.78 is 0. The molecule has 0 radical (unpaired) electrons. The Balaban J connectivity index is 1.92. The van der Waals surface area contributed by atoms with Crippen LogP contribution in [0.2, 0.25) is 0 Å². The number of nitrogens with two attached hydrogens (primary N) is 1. The normalized spacial score (nSPS) is 12.1. The number of ketones is 1. The van der Waals surface area contributed by atoms with Crippen molar-refractivity contribution in [2.75, 3.05) is 5.73 Å². The lowest BCUT2D eigenvalue weighted by Crippen LogP contribution is -2.08. The molecule has 1 atom stereocenters. The van der Waals surface area contributed by atoms with Crippen LogP contribution in [0.4, 0.5) is 5.69 Å². The van der Waals surface area contributed by atoms with Crippen LogP contribution in [0, 0.1) is 5.92 Å². The third kappa shape index (κ3) is 3.95. The number of carbonyl (C=O) groups is 1. The maximum Gasteiger partial charge on any atom is 0.163 e. The fraction of sp³-hybridized carbons (Fsp3) is 0.235. The van der Waals surface area contributed by atoms with Gasteiger partial charge in [0, 0.05) is 17.7 Å². The van der Waals surface area contributed by atoms with Crippen LogP contribution in [0.15, 0.2) is 54.6 Å². The van der Waals surface area contributed by atoms with E-state index in [0.29, 0.717) is 12.3 Å². The number of hydrogen-bond donors (Lipinski definition) is 1. The zero-order valence-electron chi connectivity index (χ0n) is 11.2. The van der Waals surface area contributed by atoms with Crippen molar-refractivity contribution < 1.29 is 4.79 Å². The van der Waals surface area contributed by atoms with Crippen molar-refractivity contribution in [1.29, 1.82) is 0 Å². The number of hydrogen-bond acceptors (Lipinski definition) is 2. The van der Waals surface area contributed by atoms with Crippen LogP contribution in [0.1, 0.15) is 29.3 Å². The van der Waals surface area contributed by atoms with E-state index in [1.807, 2.05) is 54.6 Å². The van der Waals surface area contributed by atoms with Crippen LogP contribution in [0.25, 0.3) is 0 Å². The van der Waals surface area contributed by atoms with E-state index in [-0.39, 0.29) is 5.78 Å². The molecule has 0 amide bonds. The van der Waals surface area contributed by atoms with Gasteiger partial charge in [0.2, 0.25) is 0 Å². The Morgan fingerprint density at radius 2 is 1.68 bits per heavy atom. The predicted molar refractivity (Wildman–Crippen MR) is 79.1 cm³/mol. The average Bonchev–Trinajstić information content (AvgIpc) is 2.42. The molecule has 0 aliphatic rings. The number of anilines is 1. The highest BCUT2D eigenvalue weighted by Gasteiger charge is 2.11. The summed E-state index contributed by atoms with van der Waals surface area (Å²) in [5, 5.41) is 0. The molecule has 0 saturated carbocycles. The molecule has 2 nitrogen and oxygen atoms in total. The molecular formula is C17H19NO. The second kappa shape index (κ2) is 6.19. The highest BCUT2D eigenvalue weighted by molar-refractivity contribution is 5.96. The summed E-state index contributed by atoms with van der Waals surface area (Å²) in [6.45, 7) is 2.11. The molecule has 1 unspecified atom stereocenters. The van der Waals surface area contributed by atoms with E-state index in [9.17, 15) is 4.79 Å². The molecule has 2 N–H and O–H groups in total. The Kier molecular flexibility index (Phi) is 4.35. The monoisotopic (exact) mass is 253 g/mol. The van der Waals surface area contributed by atoms with Crippen molar-refractivity contribution in [2.45, 2.75) is 19.8 Å². The lowest BCUT2D eigenvalue weighted by atomic mass is 9.94. The van der Waals surface area contributed by atoms with Crippen LogP contribution in [-0.2, 0) is 6.42 Å². The first-order valence-corrected chi connectivity index (χ1v) is 6.58. The second-order valence-electron chi connectivity index (χ2n) is 5.04. The Morgan fingerprint density at radius 1 is 1.05 bits per heavy atom. The van der Waals surface area contributed by atoms with Crippen LogP contribution in [-0.4, -0.2) is 5.78 Å². The minimum atomic E-state index is 0.212. The average molecular weight is 253 g/mol. The van der Waals surface area contributed by atoms with Gasteiger partial charge in [-0.15, -0.1) is 0 Å². The molecular weight excluding hydrogens is 234 g/mol. The zero-order valence-corrected chi connectivity index (χ0v) is 11.2. The summed E-state index contributed by atoms with van der Waals surface area (Å²) in [5.41, 5.74) is 8.46. The molecule has 0 bridgehead atoms. The summed E-state index contributed by atoms with van der Waals surface area (Å²) in [7, 11) is 0. The Labute approximate surface area is 114 Å². The first kappa shape index (κ1) is 13.3. The van der Waals surface area contributed by atoms with Gasteiger partial charge in [-0.2, -0.15) is 0 Å². The van der Waals surface area contributed by atoms with Crippen molar-refractivity contribution in [3.63, 3.8) is 0 Å². The first-order valence-electron chi connectivity index (χ1n) is 6.58. The summed E-state index contributed by atoms with van der Waals surface area (Å²) >= 11 is 0. The number of benzene rings is 2. The van der Waals surface area contributed by atoms with Gasteiger partial charge < -0.3 is 5.73 Å². The number of nitrogen functional groups attached to an aromatic ring is 1. The summed E-state index contributed by atoms with van der Waals surface area (Å²) in [6, 6.07) is 17.3. The molecule has 0 saturated heterocycles. The van der Waals surface area contributed by atoms with Gasteiger partial charge >= 0.3 is 0 Å². The SMILES string of the molecule is CC(CC(=O)c1ccccc1)Cc1ccc(N)cc1. The molecule has 0 fully saturated rings. The molecule has 0 aliphatic carbocycles. The van der Waals surface area contributed by atoms with Gasteiger partial charge in [0.1, 0.15) is 0 Å². The first-order chi connectivity index (χ1) is 9.15. The van der Waals surface area contributed by atoms with Crippen molar-refractivity contribution in [2.24, 2.45) is 5.92 Å². The van der Waals surface area contributed by atoms with E-state index in [2.05, 4.69) is 6.92 Å². The topological polar surface area (TPSA) is 43.1 Å². The lowest BCUT2D eigenvalue weighted by molar-refractivity contribution is 0.0964. The minimum absolute atomic E-state index is 0.212. The molecule has 2 heteroatoms. The molecule has 98 valence electrons. The fourth-order valence-corrected chi connectivity index (χ4v) is 2.19. The molecule has 2 rings (SSSR count). The summed E-state index contributed by atoms with van der Waals surface area (Å²) in [4.78, 5) is 12.1. The zero-order chi connectivity index (χ0) is 13.7. The third-order valence-corrected chi connectivity index (χ3v) is 3.19. The van der Waals surface area contributed by atoms with E-state index >= 15 is 0 Å². The molecule has 19 heavy (non-hydrogen) atoms. The van der Waals surface area contributed by atoms with Crippen LogP contribution in [0.3, 0.4) is 0 Å². The fourth-order valence-electron chi connectivity index (χ4n) is 2.19. The predicted octanol–water partition coefficient (Wildman–Crippen LogP) is 3.72. The van der Waals surface area contributed by atoms with Gasteiger partial charge in [0.25, 0.3) is 0 Å². The van der Waals surface area contributed by atoms with Crippen molar-refractivity contribution in [1.82, 2.24) is 0 Å². The Morgan fingerprint density at radius 3 is 2.32 bits per heavy atom. The van der Waals surface area contributed by atoms with Gasteiger partial charge in [0.05, 0.1) is 0 Å². The van der Waals surface area contributed by atoms with E-state index in [4.69, 9.17) is 5.73 Å². The van der Waals surface area contributed by atoms with Crippen LogP contribution in [0.5, 0.6) is 0 Å². The number of Topliss-reactive ketones (excluding diaryl/α,β-unsaturated/α-hetero) is 1. The minimum Gasteiger partial charge on any atom is -0.399 e. The smallest absolute Gasteiger partial charge is 0.163 e. The van der Waals surface area contributed by atoms with Crippen molar-refractivity contribution in [3.8, 4) is 0 Å². The van der Waals surface area contributed by atoms with E-state index in [1.165, 1.54) is 5.56 Å².